The van der Waals surface area contributed by atoms with E-state index in [1.807, 2.05) is 38.1 Å². The highest BCUT2D eigenvalue weighted by Gasteiger charge is 2.06. The minimum Gasteiger partial charge on any atom is -0.396 e. The summed E-state index contributed by atoms with van der Waals surface area (Å²) in [5.41, 5.74) is 1.96. The molecule has 0 unspecified atom stereocenters. The molecule has 88 valence electrons. The van der Waals surface area contributed by atoms with E-state index in [4.69, 9.17) is 5.11 Å². The van der Waals surface area contributed by atoms with Gasteiger partial charge >= 0.3 is 0 Å². The molecule has 0 spiro atoms. The molecule has 16 heavy (non-hydrogen) atoms. The number of carbonyl (C=O) groups excluding carboxylic acids is 1. The summed E-state index contributed by atoms with van der Waals surface area (Å²) in [4.78, 5) is 11.5. The fourth-order valence-electron chi connectivity index (χ4n) is 1.37. The van der Waals surface area contributed by atoms with Crippen LogP contribution in [-0.4, -0.2) is 17.6 Å². The summed E-state index contributed by atoms with van der Waals surface area (Å²) in [6.07, 6.45) is 1.59. The van der Waals surface area contributed by atoms with Crippen LogP contribution in [0.4, 0.5) is 5.69 Å². The lowest BCUT2D eigenvalue weighted by Gasteiger charge is -2.09. The molecule has 0 heterocycles. The molecule has 1 amide bonds. The molecule has 0 aliphatic carbocycles. The number of benzene rings is 1. The fourth-order valence-corrected chi connectivity index (χ4v) is 1.37. The second-order valence-electron chi connectivity index (χ2n) is 4.17. The lowest BCUT2D eigenvalue weighted by atomic mass is 10.1. The van der Waals surface area contributed by atoms with Crippen LogP contribution < -0.4 is 5.32 Å². The SMILES string of the molecule is CC(C)C(=O)Nc1cccc(CCCO)c1. The maximum Gasteiger partial charge on any atom is 0.226 e. The summed E-state index contributed by atoms with van der Waals surface area (Å²) >= 11 is 0. The minimum absolute atomic E-state index is 0.0129. The van der Waals surface area contributed by atoms with Gasteiger partial charge < -0.3 is 10.4 Å². The summed E-state index contributed by atoms with van der Waals surface area (Å²) in [5, 5.41) is 11.6. The van der Waals surface area contributed by atoms with Crippen LogP contribution in [0.3, 0.4) is 0 Å². The van der Waals surface area contributed by atoms with Crippen LogP contribution in [0.2, 0.25) is 0 Å². The third kappa shape index (κ3) is 4.03. The maximum atomic E-state index is 11.5. The molecule has 1 rings (SSSR count). The average Bonchev–Trinajstić information content (AvgIpc) is 2.26. The summed E-state index contributed by atoms with van der Waals surface area (Å²) < 4.78 is 0. The Labute approximate surface area is 96.5 Å². The van der Waals surface area contributed by atoms with Crippen molar-refractivity contribution in [3.63, 3.8) is 0 Å². The number of hydrogen-bond acceptors (Lipinski definition) is 2. The number of aryl methyl sites for hydroxylation is 1. The number of aliphatic hydroxyl groups excluding tert-OH is 1. The molecule has 3 nitrogen and oxygen atoms in total. The van der Waals surface area contributed by atoms with Crippen molar-refractivity contribution in [3.8, 4) is 0 Å². The first-order valence-electron chi connectivity index (χ1n) is 5.64. The van der Waals surface area contributed by atoms with Gasteiger partial charge in [0.1, 0.15) is 0 Å². The molecule has 0 fully saturated rings. The highest BCUT2D eigenvalue weighted by Crippen LogP contribution is 2.13. The molecular weight excluding hydrogens is 202 g/mol. The number of anilines is 1. The topological polar surface area (TPSA) is 49.3 Å². The second-order valence-corrected chi connectivity index (χ2v) is 4.17. The van der Waals surface area contributed by atoms with E-state index in [1.54, 1.807) is 0 Å². The zero-order valence-electron chi connectivity index (χ0n) is 9.86. The van der Waals surface area contributed by atoms with E-state index >= 15 is 0 Å². The van der Waals surface area contributed by atoms with Crippen molar-refractivity contribution >= 4 is 11.6 Å². The highest BCUT2D eigenvalue weighted by molar-refractivity contribution is 5.92. The van der Waals surface area contributed by atoms with Crippen LogP contribution in [0.5, 0.6) is 0 Å². The Morgan fingerprint density at radius 3 is 2.81 bits per heavy atom. The molecule has 3 heteroatoms. The van der Waals surface area contributed by atoms with Crippen molar-refractivity contribution in [3.05, 3.63) is 29.8 Å². The van der Waals surface area contributed by atoms with Gasteiger partial charge in [0, 0.05) is 18.2 Å². The van der Waals surface area contributed by atoms with Gasteiger partial charge in [-0.05, 0) is 30.5 Å². The van der Waals surface area contributed by atoms with Gasteiger partial charge in [0.25, 0.3) is 0 Å². The summed E-state index contributed by atoms with van der Waals surface area (Å²) in [5.74, 6) is 0.0143. The van der Waals surface area contributed by atoms with E-state index in [1.165, 1.54) is 0 Å². The van der Waals surface area contributed by atoms with Crippen LogP contribution in [0, 0.1) is 5.92 Å². The lowest BCUT2D eigenvalue weighted by Crippen LogP contribution is -2.17. The molecule has 1 aromatic rings. The minimum atomic E-state index is -0.0129. The Hall–Kier alpha value is -1.35. The Kier molecular flexibility index (Phi) is 4.99. The zero-order valence-corrected chi connectivity index (χ0v) is 9.86. The zero-order chi connectivity index (χ0) is 12.0. The molecule has 1 aromatic carbocycles. The number of hydrogen-bond donors (Lipinski definition) is 2. The average molecular weight is 221 g/mol. The Morgan fingerprint density at radius 2 is 2.19 bits per heavy atom. The van der Waals surface area contributed by atoms with E-state index in [-0.39, 0.29) is 18.4 Å². The molecule has 0 aliphatic heterocycles. The van der Waals surface area contributed by atoms with Crippen LogP contribution in [0.25, 0.3) is 0 Å². The van der Waals surface area contributed by atoms with Crippen LogP contribution >= 0.6 is 0 Å². The third-order valence-corrected chi connectivity index (χ3v) is 2.34. The molecule has 0 aliphatic rings. The van der Waals surface area contributed by atoms with Gasteiger partial charge in [0.15, 0.2) is 0 Å². The molecule has 0 saturated heterocycles. The molecule has 0 saturated carbocycles. The molecule has 0 bridgehead atoms. The Morgan fingerprint density at radius 1 is 1.44 bits per heavy atom. The molecular formula is C13H19NO2. The smallest absolute Gasteiger partial charge is 0.226 e. The predicted octanol–water partition coefficient (Wildman–Crippen LogP) is 2.21. The monoisotopic (exact) mass is 221 g/mol. The second kappa shape index (κ2) is 6.28. The first-order chi connectivity index (χ1) is 7.63. The fraction of sp³-hybridized carbons (Fsp3) is 0.462. The van der Waals surface area contributed by atoms with Gasteiger partial charge in [0.05, 0.1) is 0 Å². The van der Waals surface area contributed by atoms with E-state index in [2.05, 4.69) is 5.32 Å². The van der Waals surface area contributed by atoms with Gasteiger partial charge in [-0.15, -0.1) is 0 Å². The number of carbonyl (C=O) groups is 1. The summed E-state index contributed by atoms with van der Waals surface area (Å²) in [6.45, 7) is 3.93. The maximum absolute atomic E-state index is 11.5. The number of rotatable bonds is 5. The van der Waals surface area contributed by atoms with Gasteiger partial charge in [-0.3, -0.25) is 4.79 Å². The van der Waals surface area contributed by atoms with E-state index < -0.39 is 0 Å². The van der Waals surface area contributed by atoms with Crippen LogP contribution in [0.15, 0.2) is 24.3 Å². The number of aliphatic hydroxyl groups is 1. The number of nitrogens with one attached hydrogen (secondary N) is 1. The van der Waals surface area contributed by atoms with Crippen LogP contribution in [0.1, 0.15) is 25.8 Å². The predicted molar refractivity (Wildman–Crippen MR) is 65.3 cm³/mol. The Bertz CT molecular complexity index is 348. The quantitative estimate of drug-likeness (QED) is 0.800. The van der Waals surface area contributed by atoms with Gasteiger partial charge in [-0.1, -0.05) is 26.0 Å². The third-order valence-electron chi connectivity index (χ3n) is 2.34. The van der Waals surface area contributed by atoms with Crippen molar-refractivity contribution in [1.29, 1.82) is 0 Å². The van der Waals surface area contributed by atoms with Crippen LogP contribution in [-0.2, 0) is 11.2 Å². The first kappa shape index (κ1) is 12.7. The normalized spacial score (nSPS) is 10.5. The van der Waals surface area contributed by atoms with Crippen molar-refractivity contribution in [1.82, 2.24) is 0 Å². The molecule has 2 N–H and O–H groups in total. The molecule has 0 aromatic heterocycles. The van der Waals surface area contributed by atoms with Crippen molar-refractivity contribution in [2.45, 2.75) is 26.7 Å². The van der Waals surface area contributed by atoms with Gasteiger partial charge in [-0.25, -0.2) is 0 Å². The first-order valence-corrected chi connectivity index (χ1v) is 5.64. The molecule has 0 atom stereocenters. The van der Waals surface area contributed by atoms with E-state index in [9.17, 15) is 4.79 Å². The Balaban J connectivity index is 2.63. The summed E-state index contributed by atoms with van der Waals surface area (Å²) in [7, 11) is 0. The van der Waals surface area contributed by atoms with Gasteiger partial charge in [-0.2, -0.15) is 0 Å². The largest absolute Gasteiger partial charge is 0.396 e. The van der Waals surface area contributed by atoms with Crippen molar-refractivity contribution < 1.29 is 9.90 Å². The van der Waals surface area contributed by atoms with Gasteiger partial charge in [0.2, 0.25) is 5.91 Å². The van der Waals surface area contributed by atoms with E-state index in [0.717, 1.165) is 24.1 Å². The highest BCUT2D eigenvalue weighted by atomic mass is 16.2. The lowest BCUT2D eigenvalue weighted by molar-refractivity contribution is -0.118. The standard InChI is InChI=1S/C13H19NO2/c1-10(2)13(16)14-12-7-3-5-11(9-12)6-4-8-15/h3,5,7,9-10,15H,4,6,8H2,1-2H3,(H,14,16). The van der Waals surface area contributed by atoms with Crippen molar-refractivity contribution in [2.24, 2.45) is 5.92 Å². The van der Waals surface area contributed by atoms with Crippen molar-refractivity contribution in [2.75, 3.05) is 11.9 Å². The van der Waals surface area contributed by atoms with E-state index in [0.29, 0.717) is 0 Å². The molecule has 0 radical (unpaired) electrons. The number of amides is 1. The summed E-state index contributed by atoms with van der Waals surface area (Å²) in [6, 6.07) is 7.75.